The lowest BCUT2D eigenvalue weighted by atomic mass is 10.0. The maximum absolute atomic E-state index is 9.49. The van der Waals surface area contributed by atoms with Crippen LogP contribution in [0.2, 0.25) is 0 Å². The second kappa shape index (κ2) is 8.30. The van der Waals surface area contributed by atoms with Gasteiger partial charge in [0.1, 0.15) is 19.2 Å². The zero-order valence-corrected chi connectivity index (χ0v) is 17.8. The van der Waals surface area contributed by atoms with E-state index in [1.807, 2.05) is 18.2 Å². The third kappa shape index (κ3) is 4.55. The predicted octanol–water partition coefficient (Wildman–Crippen LogP) is 3.91. The molecule has 0 radical (unpaired) electrons. The number of nitrogens with two attached hydrogens (primary N) is 1. The van der Waals surface area contributed by atoms with E-state index in [1.54, 1.807) is 0 Å². The van der Waals surface area contributed by atoms with Gasteiger partial charge in [0.2, 0.25) is 0 Å². The molecule has 2 fully saturated rings. The first-order valence-corrected chi connectivity index (χ1v) is 11.9. The average Bonchev–Trinajstić information content (AvgIpc) is 3.62. The summed E-state index contributed by atoms with van der Waals surface area (Å²) in [6.07, 6.45) is 12.5. The number of allylic oxidation sites excluding steroid dienone is 4. The third-order valence-corrected chi connectivity index (χ3v) is 8.70. The van der Waals surface area contributed by atoms with Crippen LogP contribution < -0.4 is 5.73 Å². The molecule has 0 saturated carbocycles. The van der Waals surface area contributed by atoms with E-state index in [0.29, 0.717) is 17.9 Å². The summed E-state index contributed by atoms with van der Waals surface area (Å²) < 4.78 is 11.2. The number of nitrogen functional groups attached to an aromatic ring is 1. The lowest BCUT2D eigenvalue weighted by Crippen LogP contribution is -2.11. The van der Waals surface area contributed by atoms with E-state index in [-0.39, 0.29) is 6.10 Å². The Hall–Kier alpha value is -2.16. The van der Waals surface area contributed by atoms with Gasteiger partial charge in [0.15, 0.2) is 0 Å². The molecule has 152 valence electrons. The van der Waals surface area contributed by atoms with Gasteiger partial charge in [-0.2, -0.15) is 5.26 Å². The van der Waals surface area contributed by atoms with Crippen molar-refractivity contribution in [3.63, 3.8) is 0 Å². The summed E-state index contributed by atoms with van der Waals surface area (Å²) in [5.41, 5.74) is 10.2. The minimum absolute atomic E-state index is 0.0789. The van der Waals surface area contributed by atoms with Crippen LogP contribution in [0.3, 0.4) is 0 Å². The van der Waals surface area contributed by atoms with Gasteiger partial charge in [-0.1, -0.05) is 24.3 Å². The molecule has 3 aliphatic rings. The van der Waals surface area contributed by atoms with E-state index in [2.05, 4.69) is 51.8 Å². The van der Waals surface area contributed by atoms with Gasteiger partial charge in [-0.05, 0) is 49.3 Å². The number of anilines is 1. The number of hydrogen-bond donors (Lipinski definition) is 1. The van der Waals surface area contributed by atoms with Gasteiger partial charge in [-0.25, -0.2) is 9.34 Å². The Morgan fingerprint density at radius 2 is 2.03 bits per heavy atom. The molecular formula is C22H28N5OP. The number of nitrogens with zero attached hydrogens (tertiary/aromatic N) is 4. The molecule has 0 aromatic heterocycles. The minimum Gasteiger partial charge on any atom is -0.398 e. The second-order valence-corrected chi connectivity index (χ2v) is 10.4. The smallest absolute Gasteiger partial charge is 0.142 e. The fraction of sp³-hybridized carbons (Fsp3) is 0.409. The van der Waals surface area contributed by atoms with Crippen molar-refractivity contribution < 1.29 is 4.52 Å². The van der Waals surface area contributed by atoms with Crippen LogP contribution in [-0.2, 0) is 11.1 Å². The summed E-state index contributed by atoms with van der Waals surface area (Å²) in [4.78, 5) is 4.54. The Labute approximate surface area is 173 Å². The predicted molar refractivity (Wildman–Crippen MR) is 121 cm³/mol. The molecule has 2 aliphatic heterocycles. The van der Waals surface area contributed by atoms with E-state index < -0.39 is 7.41 Å². The van der Waals surface area contributed by atoms with Crippen LogP contribution in [-0.4, -0.2) is 47.5 Å². The van der Waals surface area contributed by atoms with Crippen molar-refractivity contribution in [2.75, 3.05) is 31.9 Å². The van der Waals surface area contributed by atoms with Crippen molar-refractivity contribution in [2.45, 2.75) is 32.4 Å². The Kier molecular flexibility index (Phi) is 5.76. The number of benzene rings is 1. The van der Waals surface area contributed by atoms with Gasteiger partial charge in [0.05, 0.1) is 12.6 Å². The number of hydrogen-bond acceptors (Lipinski definition) is 6. The molecule has 0 bridgehead atoms. The Balaban J connectivity index is 1.50. The van der Waals surface area contributed by atoms with Gasteiger partial charge in [0, 0.05) is 37.4 Å². The van der Waals surface area contributed by atoms with Crippen molar-refractivity contribution in [3.05, 3.63) is 53.1 Å². The van der Waals surface area contributed by atoms with E-state index in [1.165, 1.54) is 0 Å². The fourth-order valence-corrected chi connectivity index (χ4v) is 6.18. The molecule has 2 N–H and O–H groups in total. The number of nitriles is 1. The highest BCUT2D eigenvalue weighted by molar-refractivity contribution is 7.65. The molecule has 6 nitrogen and oxygen atoms in total. The van der Waals surface area contributed by atoms with E-state index in [0.717, 1.165) is 55.7 Å². The van der Waals surface area contributed by atoms with Crippen molar-refractivity contribution in [1.82, 2.24) is 9.34 Å². The van der Waals surface area contributed by atoms with Crippen molar-refractivity contribution in [1.29, 1.82) is 5.26 Å². The monoisotopic (exact) mass is 409 g/mol. The summed E-state index contributed by atoms with van der Waals surface area (Å²) in [6.45, 7) is 6.74. The molecule has 1 atom stereocenters. The van der Waals surface area contributed by atoms with Gasteiger partial charge in [-0.3, -0.25) is 4.99 Å². The second-order valence-electron chi connectivity index (χ2n) is 7.69. The normalized spacial score (nSPS) is 20.8. The summed E-state index contributed by atoms with van der Waals surface area (Å²) in [5, 5.41) is 9.49. The SMILES string of the molecule is C=P(O[C@H](C)c1ccc(N)c(C/N=C(\C#N)C2=CCCC=C2)c1)(N1CC1)N1CC1. The number of aliphatic imine (C=N–C) groups is 1. The van der Waals surface area contributed by atoms with Gasteiger partial charge in [0.25, 0.3) is 0 Å². The van der Waals surface area contributed by atoms with Crippen LogP contribution in [0, 0.1) is 11.3 Å². The Morgan fingerprint density at radius 3 is 2.62 bits per heavy atom. The highest BCUT2D eigenvalue weighted by Crippen LogP contribution is 2.62. The highest BCUT2D eigenvalue weighted by atomic mass is 31.2. The van der Waals surface area contributed by atoms with Crippen LogP contribution in [0.5, 0.6) is 0 Å². The van der Waals surface area contributed by atoms with Crippen LogP contribution >= 0.6 is 7.41 Å². The summed E-state index contributed by atoms with van der Waals surface area (Å²) in [6, 6.07) is 8.19. The molecule has 1 aromatic rings. The lowest BCUT2D eigenvalue weighted by Gasteiger charge is -2.30. The fourth-order valence-electron chi connectivity index (χ4n) is 3.50. The zero-order valence-electron chi connectivity index (χ0n) is 16.9. The lowest BCUT2D eigenvalue weighted by molar-refractivity contribution is 0.230. The van der Waals surface area contributed by atoms with Gasteiger partial charge >= 0.3 is 0 Å². The highest BCUT2D eigenvalue weighted by Gasteiger charge is 2.43. The molecule has 7 heteroatoms. The Morgan fingerprint density at radius 1 is 1.31 bits per heavy atom. The zero-order chi connectivity index (χ0) is 20.4. The molecule has 29 heavy (non-hydrogen) atoms. The standard InChI is InChI=1S/C22H28N5OP/c1-17(28-29(2,26-10-11-26)27-12-13-27)19-8-9-21(24)20(14-19)16-25-22(15-23)18-6-4-3-5-7-18/h4,6-9,14,17H,2-3,5,10-13,16,24H2,1H3/b25-22+/t17-/m1/s1. The first kappa shape index (κ1) is 20.1. The Bertz CT molecular complexity index is 950. The molecular weight excluding hydrogens is 381 g/mol. The van der Waals surface area contributed by atoms with E-state index in [9.17, 15) is 5.26 Å². The van der Waals surface area contributed by atoms with Gasteiger partial charge < -0.3 is 10.3 Å². The van der Waals surface area contributed by atoms with Crippen molar-refractivity contribution >= 4 is 25.1 Å². The molecule has 1 aliphatic carbocycles. The summed E-state index contributed by atoms with van der Waals surface area (Å²) in [5.74, 6) is 0. The van der Waals surface area contributed by atoms with Crippen LogP contribution in [0.25, 0.3) is 0 Å². The average molecular weight is 409 g/mol. The maximum Gasteiger partial charge on any atom is 0.142 e. The first-order valence-electron chi connectivity index (χ1n) is 10.1. The summed E-state index contributed by atoms with van der Waals surface area (Å²) >= 11 is 0. The van der Waals surface area contributed by atoms with Crippen LogP contribution in [0.1, 0.15) is 37.0 Å². The maximum atomic E-state index is 9.49. The molecule has 0 spiro atoms. The van der Waals surface area contributed by atoms with Crippen LogP contribution in [0.4, 0.5) is 5.69 Å². The largest absolute Gasteiger partial charge is 0.398 e. The number of rotatable bonds is 8. The first-order chi connectivity index (χ1) is 14.0. The molecule has 0 amide bonds. The summed E-state index contributed by atoms with van der Waals surface area (Å²) in [7, 11) is -1.89. The van der Waals surface area contributed by atoms with Crippen molar-refractivity contribution in [2.24, 2.45) is 4.99 Å². The molecule has 2 heterocycles. The molecule has 1 aromatic carbocycles. The molecule has 0 unspecified atom stereocenters. The topological polar surface area (TPSA) is 77.4 Å². The van der Waals surface area contributed by atoms with Gasteiger partial charge in [-0.15, -0.1) is 0 Å². The van der Waals surface area contributed by atoms with E-state index in [4.69, 9.17) is 10.3 Å². The van der Waals surface area contributed by atoms with E-state index >= 15 is 0 Å². The molecule has 2 saturated heterocycles. The van der Waals surface area contributed by atoms with Crippen LogP contribution in [0.15, 0.2) is 47.0 Å². The molecule has 4 rings (SSSR count). The quantitative estimate of drug-likeness (QED) is 0.305. The minimum atomic E-state index is -1.89. The third-order valence-electron chi connectivity index (χ3n) is 5.48. The van der Waals surface area contributed by atoms with Crippen molar-refractivity contribution in [3.8, 4) is 6.07 Å².